The molecular formula is C16H21N3O. The van der Waals surface area contributed by atoms with Gasteiger partial charge in [-0.1, -0.05) is 25.1 Å². The Morgan fingerprint density at radius 2 is 2.25 bits per heavy atom. The molecule has 106 valence electrons. The molecule has 1 aromatic heterocycles. The molecule has 0 spiro atoms. The van der Waals surface area contributed by atoms with E-state index in [1.807, 2.05) is 18.6 Å². The minimum atomic E-state index is 0.149. The maximum atomic E-state index is 5.31. The molecule has 0 radical (unpaired) electrons. The van der Waals surface area contributed by atoms with Crippen molar-refractivity contribution in [2.24, 2.45) is 0 Å². The Morgan fingerprint density at radius 1 is 1.40 bits per heavy atom. The number of benzene rings is 1. The van der Waals surface area contributed by atoms with Gasteiger partial charge in [-0.25, -0.2) is 4.98 Å². The van der Waals surface area contributed by atoms with Crippen LogP contribution in [0.4, 0.5) is 0 Å². The van der Waals surface area contributed by atoms with E-state index >= 15 is 0 Å². The first-order valence-corrected chi connectivity index (χ1v) is 7.05. The Labute approximate surface area is 119 Å². The Kier molecular flexibility index (Phi) is 3.59. The molecule has 4 nitrogen and oxygen atoms in total. The van der Waals surface area contributed by atoms with Crippen molar-refractivity contribution in [2.75, 3.05) is 20.2 Å². The van der Waals surface area contributed by atoms with Crippen LogP contribution in [0.1, 0.15) is 24.6 Å². The minimum Gasteiger partial charge on any atom is -0.380 e. The van der Waals surface area contributed by atoms with E-state index < -0.39 is 0 Å². The molecule has 1 N–H and O–H groups in total. The molecule has 1 aliphatic heterocycles. The highest BCUT2D eigenvalue weighted by atomic mass is 16.5. The van der Waals surface area contributed by atoms with Gasteiger partial charge in [-0.2, -0.15) is 0 Å². The summed E-state index contributed by atoms with van der Waals surface area (Å²) < 4.78 is 7.52. The highest BCUT2D eigenvalue weighted by Gasteiger charge is 2.33. The number of methoxy groups -OCH3 is 1. The molecule has 1 saturated heterocycles. The van der Waals surface area contributed by atoms with E-state index in [9.17, 15) is 0 Å². The van der Waals surface area contributed by atoms with Crippen LogP contribution in [0.2, 0.25) is 0 Å². The third kappa shape index (κ3) is 2.25. The van der Waals surface area contributed by atoms with E-state index in [2.05, 4.69) is 40.0 Å². The highest BCUT2D eigenvalue weighted by Crippen LogP contribution is 2.32. The zero-order valence-corrected chi connectivity index (χ0v) is 12.1. The largest absolute Gasteiger partial charge is 0.380 e. The maximum Gasteiger partial charge on any atom is 0.0994 e. The molecule has 3 rings (SSSR count). The fourth-order valence-corrected chi connectivity index (χ4v) is 2.99. The smallest absolute Gasteiger partial charge is 0.0994 e. The van der Waals surface area contributed by atoms with Crippen LogP contribution in [0.25, 0.3) is 5.69 Å². The maximum absolute atomic E-state index is 5.31. The Morgan fingerprint density at radius 3 is 3.00 bits per heavy atom. The minimum absolute atomic E-state index is 0.149. The second-order valence-electron chi connectivity index (χ2n) is 5.70. The zero-order chi connectivity index (χ0) is 14.0. The number of nitrogens with one attached hydrogen (secondary N) is 1. The van der Waals surface area contributed by atoms with Gasteiger partial charge in [0.25, 0.3) is 0 Å². The average Bonchev–Trinajstić information content (AvgIpc) is 3.09. The average molecular weight is 271 g/mol. The lowest BCUT2D eigenvalue weighted by Crippen LogP contribution is -2.27. The van der Waals surface area contributed by atoms with Crippen LogP contribution in [-0.2, 0) is 16.8 Å². The van der Waals surface area contributed by atoms with Crippen molar-refractivity contribution in [3.8, 4) is 5.69 Å². The molecule has 0 bridgehead atoms. The summed E-state index contributed by atoms with van der Waals surface area (Å²) in [7, 11) is 1.73. The van der Waals surface area contributed by atoms with Crippen LogP contribution in [0, 0.1) is 0 Å². The Bertz CT molecular complexity index is 585. The summed E-state index contributed by atoms with van der Waals surface area (Å²) in [6.07, 6.45) is 5.05. The fourth-order valence-electron chi connectivity index (χ4n) is 2.99. The molecule has 0 amide bonds. The number of nitrogens with zero attached hydrogens (tertiary/aromatic N) is 2. The lowest BCUT2D eigenvalue weighted by molar-refractivity contribution is 0.184. The van der Waals surface area contributed by atoms with Gasteiger partial charge in [-0.3, -0.25) is 0 Å². The van der Waals surface area contributed by atoms with Crippen molar-refractivity contribution < 1.29 is 4.74 Å². The Hall–Kier alpha value is -1.65. The summed E-state index contributed by atoms with van der Waals surface area (Å²) in [5.74, 6) is 0. The summed E-state index contributed by atoms with van der Waals surface area (Å²) in [4.78, 5) is 4.38. The van der Waals surface area contributed by atoms with Crippen molar-refractivity contribution in [2.45, 2.75) is 25.4 Å². The standard InChI is InChI=1S/C16H21N3O/c1-16(7-8-17-11-16)15-9-18-12-19(15)14-6-4-3-5-13(14)10-20-2/h3-6,9,12,17H,7-8,10-11H2,1-2H3. The summed E-state index contributed by atoms with van der Waals surface area (Å²) in [5.41, 5.74) is 3.77. The van der Waals surface area contributed by atoms with Crippen LogP contribution in [-0.4, -0.2) is 29.8 Å². The van der Waals surface area contributed by atoms with Crippen LogP contribution >= 0.6 is 0 Å². The molecule has 20 heavy (non-hydrogen) atoms. The van der Waals surface area contributed by atoms with Crippen LogP contribution in [0.5, 0.6) is 0 Å². The SMILES string of the molecule is COCc1ccccc1-n1cncc1C1(C)CCNC1. The van der Waals surface area contributed by atoms with Gasteiger partial charge in [-0.15, -0.1) is 0 Å². The number of para-hydroxylation sites is 1. The molecule has 2 aromatic rings. The van der Waals surface area contributed by atoms with E-state index in [1.54, 1.807) is 7.11 Å². The lowest BCUT2D eigenvalue weighted by atomic mass is 9.86. The van der Waals surface area contributed by atoms with Gasteiger partial charge in [0.05, 0.1) is 18.6 Å². The second kappa shape index (κ2) is 5.38. The normalized spacial score (nSPS) is 22.3. The van der Waals surface area contributed by atoms with Crippen LogP contribution < -0.4 is 5.32 Å². The van der Waals surface area contributed by atoms with Crippen molar-refractivity contribution in [1.82, 2.24) is 14.9 Å². The van der Waals surface area contributed by atoms with Gasteiger partial charge in [0.2, 0.25) is 0 Å². The highest BCUT2D eigenvalue weighted by molar-refractivity contribution is 5.43. The first-order chi connectivity index (χ1) is 9.74. The van der Waals surface area contributed by atoms with Crippen LogP contribution in [0.3, 0.4) is 0 Å². The molecule has 1 unspecified atom stereocenters. The molecule has 1 aromatic carbocycles. The van der Waals surface area contributed by atoms with Crippen molar-refractivity contribution in [1.29, 1.82) is 0 Å². The van der Waals surface area contributed by atoms with E-state index in [4.69, 9.17) is 4.74 Å². The number of hydrogen-bond donors (Lipinski definition) is 1. The molecule has 0 aliphatic carbocycles. The monoisotopic (exact) mass is 271 g/mol. The van der Waals surface area contributed by atoms with E-state index in [1.165, 1.54) is 11.3 Å². The molecule has 2 heterocycles. The van der Waals surface area contributed by atoms with E-state index in [0.717, 1.165) is 25.2 Å². The third-order valence-electron chi connectivity index (χ3n) is 4.18. The van der Waals surface area contributed by atoms with Gasteiger partial charge in [-0.05, 0) is 19.0 Å². The Balaban J connectivity index is 2.06. The van der Waals surface area contributed by atoms with Crippen molar-refractivity contribution >= 4 is 0 Å². The lowest BCUT2D eigenvalue weighted by Gasteiger charge is -2.25. The molecule has 0 saturated carbocycles. The molecule has 1 fully saturated rings. The third-order valence-corrected chi connectivity index (χ3v) is 4.18. The summed E-state index contributed by atoms with van der Waals surface area (Å²) in [5, 5.41) is 3.45. The molecule has 1 atom stereocenters. The summed E-state index contributed by atoms with van der Waals surface area (Å²) >= 11 is 0. The predicted octanol–water partition coefficient (Wildman–Crippen LogP) is 2.27. The number of ether oxygens (including phenoxy) is 1. The summed E-state index contributed by atoms with van der Waals surface area (Å²) in [6, 6.07) is 8.35. The first kappa shape index (κ1) is 13.3. The number of rotatable bonds is 4. The number of hydrogen-bond acceptors (Lipinski definition) is 3. The van der Waals surface area contributed by atoms with Gasteiger partial charge in [0, 0.05) is 36.5 Å². The fraction of sp³-hybridized carbons (Fsp3) is 0.438. The van der Waals surface area contributed by atoms with Crippen molar-refractivity contribution in [3.63, 3.8) is 0 Å². The van der Waals surface area contributed by atoms with Crippen molar-refractivity contribution in [3.05, 3.63) is 48.0 Å². The van der Waals surface area contributed by atoms with Crippen LogP contribution in [0.15, 0.2) is 36.8 Å². The summed E-state index contributed by atoms with van der Waals surface area (Å²) in [6.45, 7) is 4.99. The van der Waals surface area contributed by atoms with Gasteiger partial charge >= 0.3 is 0 Å². The first-order valence-electron chi connectivity index (χ1n) is 7.05. The molecule has 4 heteroatoms. The van der Waals surface area contributed by atoms with Gasteiger partial charge < -0.3 is 14.6 Å². The topological polar surface area (TPSA) is 39.1 Å². The number of imidazole rings is 1. The molecule has 1 aliphatic rings. The van der Waals surface area contributed by atoms with E-state index in [-0.39, 0.29) is 5.41 Å². The van der Waals surface area contributed by atoms with Gasteiger partial charge in [0.1, 0.15) is 0 Å². The number of aromatic nitrogens is 2. The molecular weight excluding hydrogens is 250 g/mol. The van der Waals surface area contributed by atoms with E-state index in [0.29, 0.717) is 6.61 Å². The van der Waals surface area contributed by atoms with Gasteiger partial charge in [0.15, 0.2) is 0 Å². The zero-order valence-electron chi connectivity index (χ0n) is 12.1. The quantitative estimate of drug-likeness (QED) is 0.927. The second-order valence-corrected chi connectivity index (χ2v) is 5.70. The predicted molar refractivity (Wildman–Crippen MR) is 79.1 cm³/mol.